The number of anilines is 2. The Hall–Kier alpha value is -3.55. The molecule has 0 aliphatic carbocycles. The molecule has 0 atom stereocenters. The summed E-state index contributed by atoms with van der Waals surface area (Å²) in [6, 6.07) is 19.2. The van der Waals surface area contributed by atoms with Gasteiger partial charge in [-0.3, -0.25) is 9.69 Å². The lowest BCUT2D eigenvalue weighted by Gasteiger charge is -2.28. The SMILES string of the molecule is O=C(CN1CCn2c(nc(-c3ccc(F)cc3)c2Nc2ccc(Cl)cc2)C1)c1ccc(F)cc1. The predicted octanol–water partition coefficient (Wildman–Crippen LogP) is 5.92. The van der Waals surface area contributed by atoms with E-state index in [0.29, 0.717) is 35.9 Å². The van der Waals surface area contributed by atoms with Gasteiger partial charge in [-0.25, -0.2) is 13.8 Å². The Morgan fingerprint density at radius 2 is 1.56 bits per heavy atom. The molecule has 0 radical (unpaired) electrons. The zero-order valence-corrected chi connectivity index (χ0v) is 18.9. The Bertz CT molecular complexity index is 1320. The molecule has 5 nitrogen and oxygen atoms in total. The monoisotopic (exact) mass is 478 g/mol. The molecule has 172 valence electrons. The van der Waals surface area contributed by atoms with Crippen LogP contribution in [0.15, 0.2) is 72.8 Å². The van der Waals surface area contributed by atoms with E-state index >= 15 is 0 Å². The summed E-state index contributed by atoms with van der Waals surface area (Å²) in [4.78, 5) is 19.6. The third-order valence-corrected chi connectivity index (χ3v) is 6.06. The molecule has 1 N–H and O–H groups in total. The smallest absolute Gasteiger partial charge is 0.176 e. The lowest BCUT2D eigenvalue weighted by atomic mass is 10.1. The fraction of sp³-hybridized carbons (Fsp3) is 0.154. The Balaban J connectivity index is 1.43. The molecule has 0 amide bonds. The van der Waals surface area contributed by atoms with Gasteiger partial charge in [-0.1, -0.05) is 11.6 Å². The number of fused-ring (bicyclic) bond motifs is 1. The van der Waals surface area contributed by atoms with Crippen LogP contribution >= 0.6 is 11.6 Å². The van der Waals surface area contributed by atoms with Gasteiger partial charge in [-0.2, -0.15) is 0 Å². The molecule has 0 fully saturated rings. The maximum atomic E-state index is 13.5. The molecule has 8 heteroatoms. The van der Waals surface area contributed by atoms with Gasteiger partial charge in [0.1, 0.15) is 29.0 Å². The van der Waals surface area contributed by atoms with Crippen LogP contribution in [0.4, 0.5) is 20.3 Å². The Morgan fingerprint density at radius 3 is 2.24 bits per heavy atom. The highest BCUT2D eigenvalue weighted by Gasteiger charge is 2.26. The molecule has 0 saturated heterocycles. The van der Waals surface area contributed by atoms with Crippen LogP contribution in [0.1, 0.15) is 16.2 Å². The number of carbonyl (C=O) groups is 1. The fourth-order valence-electron chi connectivity index (χ4n) is 4.05. The van der Waals surface area contributed by atoms with E-state index in [1.54, 1.807) is 24.3 Å². The van der Waals surface area contributed by atoms with Crippen LogP contribution in [0.2, 0.25) is 5.02 Å². The second-order valence-electron chi connectivity index (χ2n) is 8.16. The average molecular weight is 479 g/mol. The quantitative estimate of drug-likeness (QED) is 0.349. The number of Topliss-reactive ketones (excluding diaryl/α,β-unsaturated/α-hetero) is 1. The highest BCUT2D eigenvalue weighted by molar-refractivity contribution is 6.30. The molecule has 1 aliphatic rings. The number of nitrogens with one attached hydrogen (secondary N) is 1. The summed E-state index contributed by atoms with van der Waals surface area (Å²) in [6.45, 7) is 1.96. The standard InChI is InChI=1S/C26H21ClF2N4O/c27-19-5-11-22(12-6-19)30-26-25(18-3-9-21(29)10-4-18)31-24-16-32(13-14-33(24)26)15-23(34)17-1-7-20(28)8-2-17/h1-12,30H,13-16H2. The molecule has 1 aliphatic heterocycles. The maximum absolute atomic E-state index is 13.5. The van der Waals surface area contributed by atoms with Crippen molar-refractivity contribution in [1.29, 1.82) is 0 Å². The number of hydrogen-bond donors (Lipinski definition) is 1. The number of imidazole rings is 1. The van der Waals surface area contributed by atoms with Crippen molar-refractivity contribution in [1.82, 2.24) is 14.5 Å². The van der Waals surface area contributed by atoms with Crippen LogP contribution in [0.5, 0.6) is 0 Å². The molecule has 3 aromatic carbocycles. The van der Waals surface area contributed by atoms with Crippen LogP contribution in [-0.2, 0) is 13.1 Å². The average Bonchev–Trinajstić information content (AvgIpc) is 3.19. The van der Waals surface area contributed by atoms with E-state index in [2.05, 4.69) is 9.88 Å². The highest BCUT2D eigenvalue weighted by atomic mass is 35.5. The third kappa shape index (κ3) is 4.71. The summed E-state index contributed by atoms with van der Waals surface area (Å²) >= 11 is 6.03. The van der Waals surface area contributed by atoms with Gasteiger partial charge in [-0.05, 0) is 72.8 Å². The van der Waals surface area contributed by atoms with Gasteiger partial charge in [0.2, 0.25) is 0 Å². The van der Waals surface area contributed by atoms with Crippen molar-refractivity contribution in [2.45, 2.75) is 13.1 Å². The molecule has 1 aromatic heterocycles. The minimum Gasteiger partial charge on any atom is -0.340 e. The number of aromatic nitrogens is 2. The van der Waals surface area contributed by atoms with E-state index in [0.717, 1.165) is 22.9 Å². The van der Waals surface area contributed by atoms with Gasteiger partial charge >= 0.3 is 0 Å². The molecule has 2 heterocycles. The molecule has 0 saturated carbocycles. The van der Waals surface area contributed by atoms with E-state index in [-0.39, 0.29) is 24.0 Å². The lowest BCUT2D eigenvalue weighted by Crippen LogP contribution is -2.37. The first-order valence-corrected chi connectivity index (χ1v) is 11.2. The van der Waals surface area contributed by atoms with Crippen LogP contribution in [0.25, 0.3) is 11.3 Å². The molecule has 0 spiro atoms. The summed E-state index contributed by atoms with van der Waals surface area (Å²) in [6.07, 6.45) is 0. The van der Waals surface area contributed by atoms with Crippen LogP contribution in [0, 0.1) is 11.6 Å². The highest BCUT2D eigenvalue weighted by Crippen LogP contribution is 2.33. The Labute approximate surface area is 200 Å². The van der Waals surface area contributed by atoms with Crippen LogP contribution in [-0.4, -0.2) is 33.3 Å². The lowest BCUT2D eigenvalue weighted by molar-refractivity contribution is 0.0908. The minimum atomic E-state index is -0.370. The van der Waals surface area contributed by atoms with E-state index in [4.69, 9.17) is 16.6 Å². The van der Waals surface area contributed by atoms with Crippen molar-refractivity contribution in [2.24, 2.45) is 0 Å². The number of hydrogen-bond acceptors (Lipinski definition) is 4. The van der Waals surface area contributed by atoms with Crippen molar-refractivity contribution in [3.05, 3.63) is 101 Å². The number of rotatable bonds is 6. The predicted molar refractivity (Wildman–Crippen MR) is 128 cm³/mol. The Morgan fingerprint density at radius 1 is 0.912 bits per heavy atom. The fourth-order valence-corrected chi connectivity index (χ4v) is 4.18. The molecule has 5 rings (SSSR count). The first-order chi connectivity index (χ1) is 16.5. The molecule has 4 aromatic rings. The Kier molecular flexibility index (Phi) is 6.13. The van der Waals surface area contributed by atoms with Crippen molar-refractivity contribution in [3.8, 4) is 11.3 Å². The van der Waals surface area contributed by atoms with E-state index in [9.17, 15) is 13.6 Å². The number of ketones is 1. The van der Waals surface area contributed by atoms with Gasteiger partial charge < -0.3 is 9.88 Å². The second kappa shape index (κ2) is 9.37. The van der Waals surface area contributed by atoms with Crippen molar-refractivity contribution in [2.75, 3.05) is 18.4 Å². The molecule has 0 bridgehead atoms. The van der Waals surface area contributed by atoms with Crippen LogP contribution < -0.4 is 5.32 Å². The summed E-state index contributed by atoms with van der Waals surface area (Å²) in [7, 11) is 0. The second-order valence-corrected chi connectivity index (χ2v) is 8.59. The van der Waals surface area contributed by atoms with Gasteiger partial charge in [0.25, 0.3) is 0 Å². The zero-order valence-electron chi connectivity index (χ0n) is 18.1. The van der Waals surface area contributed by atoms with E-state index < -0.39 is 0 Å². The van der Waals surface area contributed by atoms with E-state index in [1.807, 2.05) is 17.0 Å². The number of halogens is 3. The summed E-state index contributed by atoms with van der Waals surface area (Å²) in [5.41, 5.74) is 2.82. The number of benzene rings is 3. The van der Waals surface area contributed by atoms with E-state index in [1.165, 1.54) is 36.4 Å². The van der Waals surface area contributed by atoms with Gasteiger partial charge in [0.15, 0.2) is 5.78 Å². The summed E-state index contributed by atoms with van der Waals surface area (Å²) < 4.78 is 28.8. The molecular weight excluding hydrogens is 458 g/mol. The number of nitrogens with zero attached hydrogens (tertiary/aromatic N) is 3. The van der Waals surface area contributed by atoms with Gasteiger partial charge in [0.05, 0.1) is 13.1 Å². The van der Waals surface area contributed by atoms with Crippen molar-refractivity contribution < 1.29 is 13.6 Å². The van der Waals surface area contributed by atoms with Crippen molar-refractivity contribution in [3.63, 3.8) is 0 Å². The maximum Gasteiger partial charge on any atom is 0.176 e. The van der Waals surface area contributed by atoms with Crippen LogP contribution in [0.3, 0.4) is 0 Å². The van der Waals surface area contributed by atoms with Crippen molar-refractivity contribution >= 4 is 28.9 Å². The first kappa shape index (κ1) is 22.3. The summed E-state index contributed by atoms with van der Waals surface area (Å²) in [5.74, 6) is 0.844. The molecule has 0 unspecified atom stereocenters. The summed E-state index contributed by atoms with van der Waals surface area (Å²) in [5, 5.41) is 4.07. The first-order valence-electron chi connectivity index (χ1n) is 10.9. The zero-order chi connectivity index (χ0) is 23.7. The van der Waals surface area contributed by atoms with Gasteiger partial charge in [0, 0.05) is 34.9 Å². The minimum absolute atomic E-state index is 0.0710. The van der Waals surface area contributed by atoms with Gasteiger partial charge in [-0.15, -0.1) is 0 Å². The molecule has 34 heavy (non-hydrogen) atoms. The molecular formula is C26H21ClF2N4O. The normalized spacial score (nSPS) is 13.5. The third-order valence-electron chi connectivity index (χ3n) is 5.81. The number of carbonyl (C=O) groups excluding carboxylic acids is 1. The largest absolute Gasteiger partial charge is 0.340 e. The topological polar surface area (TPSA) is 50.2 Å².